The largest absolute Gasteiger partial charge is 0.452 e. The van der Waals surface area contributed by atoms with Gasteiger partial charge in [-0.25, -0.2) is 4.79 Å². The molecule has 0 atom stereocenters. The fourth-order valence-corrected chi connectivity index (χ4v) is 3.70. The summed E-state index contributed by atoms with van der Waals surface area (Å²) in [5, 5.41) is 3.42. The number of hydrogen-bond donors (Lipinski definition) is 1. The van der Waals surface area contributed by atoms with E-state index in [1.54, 1.807) is 24.3 Å². The number of ether oxygens (including phenoxy) is 1. The molecule has 2 aromatic carbocycles. The standard InChI is InChI=1S/C23H21N3O4/c1-3-16-14(2)22(15-8-4-5-9-17(15)24-16)23(29)30-13-21(28)26-12-20(27)25-18-10-6-7-11-19(18)26/h4-11H,3,12-13H2,1-2H3,(H,25,27). The third-order valence-corrected chi connectivity index (χ3v) is 5.17. The van der Waals surface area contributed by atoms with Crippen molar-refractivity contribution in [2.45, 2.75) is 20.3 Å². The summed E-state index contributed by atoms with van der Waals surface area (Å²) in [6, 6.07) is 14.4. The number of aryl methyl sites for hydroxylation is 1. The predicted octanol–water partition coefficient (Wildman–Crippen LogP) is 3.25. The molecule has 0 spiro atoms. The second-order valence-corrected chi connectivity index (χ2v) is 7.05. The molecular weight excluding hydrogens is 382 g/mol. The molecule has 0 unspecified atom stereocenters. The zero-order chi connectivity index (χ0) is 21.3. The first kappa shape index (κ1) is 19.6. The van der Waals surface area contributed by atoms with Gasteiger partial charge in [0.1, 0.15) is 6.54 Å². The molecule has 1 N–H and O–H groups in total. The van der Waals surface area contributed by atoms with Crippen LogP contribution in [0.2, 0.25) is 0 Å². The molecule has 0 bridgehead atoms. The quantitative estimate of drug-likeness (QED) is 0.676. The van der Waals surface area contributed by atoms with E-state index in [-0.39, 0.29) is 12.5 Å². The van der Waals surface area contributed by atoms with Crippen LogP contribution < -0.4 is 10.2 Å². The molecule has 3 aromatic rings. The molecule has 0 radical (unpaired) electrons. The monoisotopic (exact) mass is 403 g/mol. The van der Waals surface area contributed by atoms with Crippen LogP contribution in [0, 0.1) is 6.92 Å². The topological polar surface area (TPSA) is 88.6 Å². The number of aromatic nitrogens is 1. The number of benzene rings is 2. The third kappa shape index (κ3) is 3.50. The maximum atomic E-state index is 12.9. The van der Waals surface area contributed by atoms with Gasteiger partial charge in [0, 0.05) is 11.1 Å². The van der Waals surface area contributed by atoms with Crippen LogP contribution >= 0.6 is 0 Å². The van der Waals surface area contributed by atoms with Crippen LogP contribution in [0.25, 0.3) is 10.9 Å². The Balaban J connectivity index is 1.58. The second-order valence-electron chi connectivity index (χ2n) is 7.05. The summed E-state index contributed by atoms with van der Waals surface area (Å²) >= 11 is 0. The zero-order valence-electron chi connectivity index (χ0n) is 16.8. The lowest BCUT2D eigenvalue weighted by Crippen LogP contribution is -2.44. The molecule has 30 heavy (non-hydrogen) atoms. The lowest BCUT2D eigenvalue weighted by Gasteiger charge is -2.28. The first-order valence-electron chi connectivity index (χ1n) is 9.74. The minimum absolute atomic E-state index is 0.120. The van der Waals surface area contributed by atoms with Gasteiger partial charge in [-0.2, -0.15) is 0 Å². The van der Waals surface area contributed by atoms with Crippen LogP contribution in [0.4, 0.5) is 11.4 Å². The fraction of sp³-hybridized carbons (Fsp3) is 0.217. The van der Waals surface area contributed by atoms with Crippen LogP contribution in [0.5, 0.6) is 0 Å². The van der Waals surface area contributed by atoms with Crippen LogP contribution in [-0.4, -0.2) is 35.9 Å². The average Bonchev–Trinajstić information content (AvgIpc) is 2.76. The summed E-state index contributed by atoms with van der Waals surface area (Å²) < 4.78 is 5.39. The molecule has 0 aliphatic carbocycles. The Kier molecular flexibility index (Phi) is 5.18. The van der Waals surface area contributed by atoms with Crippen LogP contribution in [0.1, 0.15) is 28.5 Å². The van der Waals surface area contributed by atoms with Crippen LogP contribution in [0.3, 0.4) is 0 Å². The molecule has 7 nitrogen and oxygen atoms in total. The van der Waals surface area contributed by atoms with Crippen molar-refractivity contribution in [2.75, 3.05) is 23.4 Å². The molecule has 2 amide bonds. The molecule has 152 valence electrons. The number of rotatable bonds is 4. The summed E-state index contributed by atoms with van der Waals surface area (Å²) in [5.74, 6) is -1.33. The van der Waals surface area contributed by atoms with Crippen molar-refractivity contribution < 1.29 is 19.1 Å². The Morgan fingerprint density at radius 1 is 1.13 bits per heavy atom. The molecule has 7 heteroatoms. The van der Waals surface area contributed by atoms with E-state index < -0.39 is 18.5 Å². The number of esters is 1. The number of carbonyl (C=O) groups is 3. The van der Waals surface area contributed by atoms with Gasteiger partial charge >= 0.3 is 5.97 Å². The van der Waals surface area contributed by atoms with Crippen LogP contribution in [-0.2, 0) is 20.7 Å². The molecule has 1 aliphatic rings. The molecule has 1 aromatic heterocycles. The Morgan fingerprint density at radius 3 is 2.67 bits per heavy atom. The van der Waals surface area contributed by atoms with Gasteiger partial charge in [0.2, 0.25) is 5.91 Å². The minimum Gasteiger partial charge on any atom is -0.452 e. The first-order chi connectivity index (χ1) is 14.5. The first-order valence-corrected chi connectivity index (χ1v) is 9.74. The fourth-order valence-electron chi connectivity index (χ4n) is 3.70. The molecule has 0 saturated carbocycles. The van der Waals surface area contributed by atoms with Crippen molar-refractivity contribution in [3.63, 3.8) is 0 Å². The number of nitrogens with one attached hydrogen (secondary N) is 1. The predicted molar refractivity (Wildman–Crippen MR) is 114 cm³/mol. The second kappa shape index (κ2) is 7.94. The number of carbonyl (C=O) groups excluding carboxylic acids is 3. The highest BCUT2D eigenvalue weighted by Crippen LogP contribution is 2.29. The number of fused-ring (bicyclic) bond motifs is 2. The van der Waals surface area contributed by atoms with Gasteiger partial charge in [-0.3, -0.25) is 19.5 Å². The van der Waals surface area contributed by atoms with E-state index in [2.05, 4.69) is 10.3 Å². The van der Waals surface area contributed by atoms with Crippen molar-refractivity contribution in [3.05, 3.63) is 65.4 Å². The summed E-state index contributed by atoms with van der Waals surface area (Å²) in [5.41, 5.74) is 3.82. The van der Waals surface area contributed by atoms with Gasteiger partial charge in [0.25, 0.3) is 5.91 Å². The molecule has 0 fully saturated rings. The zero-order valence-corrected chi connectivity index (χ0v) is 16.8. The average molecular weight is 403 g/mol. The Morgan fingerprint density at radius 2 is 1.87 bits per heavy atom. The molecule has 0 saturated heterocycles. The number of para-hydroxylation sites is 3. The molecule has 1 aliphatic heterocycles. The van der Waals surface area contributed by atoms with Crippen molar-refractivity contribution >= 4 is 40.1 Å². The van der Waals surface area contributed by atoms with E-state index in [0.29, 0.717) is 34.3 Å². The summed E-state index contributed by atoms with van der Waals surface area (Å²) in [7, 11) is 0. The van der Waals surface area contributed by atoms with E-state index in [1.165, 1.54) is 4.90 Å². The molecular formula is C23H21N3O4. The maximum Gasteiger partial charge on any atom is 0.339 e. The minimum atomic E-state index is -0.580. The number of anilines is 2. The van der Waals surface area contributed by atoms with Crippen molar-refractivity contribution in [2.24, 2.45) is 0 Å². The lowest BCUT2D eigenvalue weighted by atomic mass is 10.0. The lowest BCUT2D eigenvalue weighted by molar-refractivity contribution is -0.124. The highest BCUT2D eigenvalue weighted by Gasteiger charge is 2.28. The van der Waals surface area contributed by atoms with E-state index in [0.717, 1.165) is 11.3 Å². The summed E-state index contributed by atoms with van der Waals surface area (Å²) in [6.07, 6.45) is 0.676. The van der Waals surface area contributed by atoms with Crippen molar-refractivity contribution in [3.8, 4) is 0 Å². The van der Waals surface area contributed by atoms with Crippen molar-refractivity contribution in [1.82, 2.24) is 4.98 Å². The number of nitrogens with zero attached hydrogens (tertiary/aromatic N) is 2. The molecule has 2 heterocycles. The SMILES string of the molecule is CCc1nc2ccccc2c(C(=O)OCC(=O)N2CC(=O)Nc3ccccc32)c1C. The van der Waals surface area contributed by atoms with Gasteiger partial charge in [-0.1, -0.05) is 37.3 Å². The third-order valence-electron chi connectivity index (χ3n) is 5.17. The van der Waals surface area contributed by atoms with Gasteiger partial charge in [0.05, 0.1) is 22.5 Å². The summed E-state index contributed by atoms with van der Waals surface area (Å²) in [6.45, 7) is 3.23. The summed E-state index contributed by atoms with van der Waals surface area (Å²) in [4.78, 5) is 43.6. The van der Waals surface area contributed by atoms with Crippen molar-refractivity contribution in [1.29, 1.82) is 0 Å². The highest BCUT2D eigenvalue weighted by molar-refractivity contribution is 6.11. The number of hydrogen-bond acceptors (Lipinski definition) is 5. The smallest absolute Gasteiger partial charge is 0.339 e. The van der Waals surface area contributed by atoms with E-state index in [4.69, 9.17) is 4.74 Å². The Bertz CT molecular complexity index is 1170. The van der Waals surface area contributed by atoms with Gasteiger partial charge in [-0.05, 0) is 37.1 Å². The normalized spacial score (nSPS) is 13.0. The molecule has 4 rings (SSSR count). The van der Waals surface area contributed by atoms with E-state index in [1.807, 2.05) is 38.1 Å². The van der Waals surface area contributed by atoms with Crippen LogP contribution in [0.15, 0.2) is 48.5 Å². The number of pyridine rings is 1. The number of amides is 2. The Labute approximate surface area is 173 Å². The van der Waals surface area contributed by atoms with Gasteiger partial charge < -0.3 is 10.1 Å². The highest BCUT2D eigenvalue weighted by atomic mass is 16.5. The van der Waals surface area contributed by atoms with E-state index >= 15 is 0 Å². The van der Waals surface area contributed by atoms with E-state index in [9.17, 15) is 14.4 Å². The maximum absolute atomic E-state index is 12.9. The van der Waals surface area contributed by atoms with Gasteiger partial charge in [-0.15, -0.1) is 0 Å². The van der Waals surface area contributed by atoms with Gasteiger partial charge in [0.15, 0.2) is 6.61 Å². The Hall–Kier alpha value is -3.74.